The lowest BCUT2D eigenvalue weighted by Crippen LogP contribution is -2.17. The SMILES string of the molecule is COc1ccc(N)cc1C(N)C(C)C. The fraction of sp³-hybridized carbons (Fsp3) is 0.455. The van der Waals surface area contributed by atoms with Crippen molar-refractivity contribution in [1.29, 1.82) is 0 Å². The van der Waals surface area contributed by atoms with Gasteiger partial charge in [-0.2, -0.15) is 0 Å². The molecule has 4 N–H and O–H groups in total. The van der Waals surface area contributed by atoms with E-state index in [1.54, 1.807) is 7.11 Å². The summed E-state index contributed by atoms with van der Waals surface area (Å²) in [5.41, 5.74) is 13.5. The molecule has 14 heavy (non-hydrogen) atoms. The van der Waals surface area contributed by atoms with E-state index in [1.165, 1.54) is 0 Å². The molecule has 0 aliphatic rings. The molecule has 0 aliphatic heterocycles. The number of hydrogen-bond donors (Lipinski definition) is 2. The van der Waals surface area contributed by atoms with Crippen LogP contribution in [-0.4, -0.2) is 7.11 Å². The Kier molecular flexibility index (Phi) is 3.36. The van der Waals surface area contributed by atoms with E-state index in [9.17, 15) is 0 Å². The highest BCUT2D eigenvalue weighted by Gasteiger charge is 2.15. The number of hydrogen-bond acceptors (Lipinski definition) is 3. The van der Waals surface area contributed by atoms with Crippen LogP contribution in [0.4, 0.5) is 5.69 Å². The number of rotatable bonds is 3. The molecule has 0 amide bonds. The number of ether oxygens (including phenoxy) is 1. The first-order valence-corrected chi connectivity index (χ1v) is 4.75. The van der Waals surface area contributed by atoms with Gasteiger partial charge in [-0.05, 0) is 24.1 Å². The summed E-state index contributed by atoms with van der Waals surface area (Å²) in [5.74, 6) is 1.17. The summed E-state index contributed by atoms with van der Waals surface area (Å²) in [7, 11) is 1.64. The van der Waals surface area contributed by atoms with Crippen molar-refractivity contribution in [1.82, 2.24) is 0 Å². The normalized spacial score (nSPS) is 12.9. The van der Waals surface area contributed by atoms with Gasteiger partial charge in [0.05, 0.1) is 7.11 Å². The monoisotopic (exact) mass is 194 g/mol. The quantitative estimate of drug-likeness (QED) is 0.723. The molecule has 0 radical (unpaired) electrons. The van der Waals surface area contributed by atoms with Crippen molar-refractivity contribution in [2.45, 2.75) is 19.9 Å². The standard InChI is InChI=1S/C11H18N2O/c1-7(2)11(13)9-6-8(12)4-5-10(9)14-3/h4-7,11H,12-13H2,1-3H3. The van der Waals surface area contributed by atoms with Crippen molar-refractivity contribution < 1.29 is 4.74 Å². The molecular weight excluding hydrogens is 176 g/mol. The molecule has 0 saturated heterocycles. The molecule has 78 valence electrons. The highest BCUT2D eigenvalue weighted by atomic mass is 16.5. The average Bonchev–Trinajstić information content (AvgIpc) is 2.16. The zero-order valence-electron chi connectivity index (χ0n) is 8.95. The van der Waals surface area contributed by atoms with Crippen LogP contribution < -0.4 is 16.2 Å². The minimum absolute atomic E-state index is 0.0338. The summed E-state index contributed by atoms with van der Waals surface area (Å²) >= 11 is 0. The van der Waals surface area contributed by atoms with Crippen molar-refractivity contribution in [2.24, 2.45) is 11.7 Å². The first-order valence-electron chi connectivity index (χ1n) is 4.75. The van der Waals surface area contributed by atoms with Gasteiger partial charge in [0, 0.05) is 17.3 Å². The number of nitrogen functional groups attached to an aromatic ring is 1. The maximum atomic E-state index is 6.05. The fourth-order valence-electron chi connectivity index (χ4n) is 1.37. The Morgan fingerprint density at radius 3 is 2.43 bits per heavy atom. The second kappa shape index (κ2) is 4.33. The van der Waals surface area contributed by atoms with Gasteiger partial charge in [-0.15, -0.1) is 0 Å². The summed E-state index contributed by atoms with van der Waals surface area (Å²) in [6, 6.07) is 5.51. The molecule has 0 aromatic heterocycles. The maximum absolute atomic E-state index is 6.05. The van der Waals surface area contributed by atoms with E-state index in [-0.39, 0.29) is 6.04 Å². The molecule has 1 aromatic carbocycles. The van der Waals surface area contributed by atoms with E-state index >= 15 is 0 Å². The molecule has 1 unspecified atom stereocenters. The Labute approximate surface area is 85.0 Å². The van der Waals surface area contributed by atoms with Gasteiger partial charge in [0.15, 0.2) is 0 Å². The highest BCUT2D eigenvalue weighted by Crippen LogP contribution is 2.29. The molecule has 0 saturated carbocycles. The van der Waals surface area contributed by atoms with Gasteiger partial charge in [-0.1, -0.05) is 13.8 Å². The zero-order chi connectivity index (χ0) is 10.7. The Morgan fingerprint density at radius 2 is 1.93 bits per heavy atom. The first-order chi connectivity index (χ1) is 6.56. The molecule has 1 rings (SSSR count). The molecule has 3 nitrogen and oxygen atoms in total. The van der Waals surface area contributed by atoms with Gasteiger partial charge in [0.1, 0.15) is 5.75 Å². The largest absolute Gasteiger partial charge is 0.496 e. The van der Waals surface area contributed by atoms with Gasteiger partial charge in [0.2, 0.25) is 0 Å². The molecule has 0 bridgehead atoms. The second-order valence-corrected chi connectivity index (χ2v) is 3.77. The molecule has 3 heteroatoms. The maximum Gasteiger partial charge on any atom is 0.123 e. The third kappa shape index (κ3) is 2.17. The smallest absolute Gasteiger partial charge is 0.123 e. The van der Waals surface area contributed by atoms with Crippen molar-refractivity contribution in [2.75, 3.05) is 12.8 Å². The van der Waals surface area contributed by atoms with Crippen LogP contribution in [0.5, 0.6) is 5.75 Å². The lowest BCUT2D eigenvalue weighted by molar-refractivity contribution is 0.396. The third-order valence-electron chi connectivity index (χ3n) is 2.33. The summed E-state index contributed by atoms with van der Waals surface area (Å²) in [6.07, 6.45) is 0. The van der Waals surface area contributed by atoms with Gasteiger partial charge in [-0.3, -0.25) is 0 Å². The van der Waals surface area contributed by atoms with Crippen LogP contribution in [0.1, 0.15) is 25.5 Å². The van der Waals surface area contributed by atoms with Gasteiger partial charge >= 0.3 is 0 Å². The minimum Gasteiger partial charge on any atom is -0.496 e. The lowest BCUT2D eigenvalue weighted by atomic mass is 9.96. The summed E-state index contributed by atoms with van der Waals surface area (Å²) in [5, 5.41) is 0. The van der Waals surface area contributed by atoms with E-state index in [0.717, 1.165) is 17.0 Å². The Hall–Kier alpha value is -1.22. The van der Waals surface area contributed by atoms with Crippen molar-refractivity contribution in [3.05, 3.63) is 23.8 Å². The topological polar surface area (TPSA) is 61.3 Å². The molecule has 1 atom stereocenters. The minimum atomic E-state index is -0.0338. The Morgan fingerprint density at radius 1 is 1.29 bits per heavy atom. The van der Waals surface area contributed by atoms with Crippen LogP contribution in [0, 0.1) is 5.92 Å². The van der Waals surface area contributed by atoms with Crippen molar-refractivity contribution in [3.8, 4) is 5.75 Å². The molecule has 0 aliphatic carbocycles. The van der Waals surface area contributed by atoms with Crippen LogP contribution in [0.25, 0.3) is 0 Å². The lowest BCUT2D eigenvalue weighted by Gasteiger charge is -2.19. The summed E-state index contributed by atoms with van der Waals surface area (Å²) in [6.45, 7) is 4.15. The van der Waals surface area contributed by atoms with Crippen LogP contribution in [0.3, 0.4) is 0 Å². The predicted molar refractivity (Wildman–Crippen MR) is 59.2 cm³/mol. The van der Waals surface area contributed by atoms with Gasteiger partial charge < -0.3 is 16.2 Å². The summed E-state index contributed by atoms with van der Waals surface area (Å²) < 4.78 is 5.24. The van der Waals surface area contributed by atoms with Crippen LogP contribution >= 0.6 is 0 Å². The van der Waals surface area contributed by atoms with E-state index in [1.807, 2.05) is 18.2 Å². The predicted octanol–water partition coefficient (Wildman–Crippen LogP) is 1.93. The fourth-order valence-corrected chi connectivity index (χ4v) is 1.37. The highest BCUT2D eigenvalue weighted by molar-refractivity contribution is 5.49. The zero-order valence-corrected chi connectivity index (χ0v) is 8.95. The molecule has 0 heterocycles. The number of methoxy groups -OCH3 is 1. The van der Waals surface area contributed by atoms with E-state index in [0.29, 0.717) is 5.92 Å². The Bertz CT molecular complexity index is 310. The molecular formula is C11H18N2O. The Balaban J connectivity index is 3.10. The first kappa shape index (κ1) is 10.9. The van der Waals surface area contributed by atoms with Crippen LogP contribution in [0.15, 0.2) is 18.2 Å². The summed E-state index contributed by atoms with van der Waals surface area (Å²) in [4.78, 5) is 0. The van der Waals surface area contributed by atoms with E-state index in [2.05, 4.69) is 13.8 Å². The third-order valence-corrected chi connectivity index (χ3v) is 2.33. The van der Waals surface area contributed by atoms with Gasteiger partial charge in [0.25, 0.3) is 0 Å². The number of nitrogens with two attached hydrogens (primary N) is 2. The number of benzene rings is 1. The van der Waals surface area contributed by atoms with E-state index < -0.39 is 0 Å². The van der Waals surface area contributed by atoms with E-state index in [4.69, 9.17) is 16.2 Å². The van der Waals surface area contributed by atoms with Gasteiger partial charge in [-0.25, -0.2) is 0 Å². The molecule has 0 spiro atoms. The van der Waals surface area contributed by atoms with Crippen LogP contribution in [-0.2, 0) is 0 Å². The van der Waals surface area contributed by atoms with Crippen molar-refractivity contribution in [3.63, 3.8) is 0 Å². The molecule has 0 fully saturated rings. The average molecular weight is 194 g/mol. The molecule has 1 aromatic rings. The van der Waals surface area contributed by atoms with Crippen LogP contribution in [0.2, 0.25) is 0 Å². The van der Waals surface area contributed by atoms with Crippen molar-refractivity contribution >= 4 is 5.69 Å². The second-order valence-electron chi connectivity index (χ2n) is 3.77. The number of anilines is 1.